The van der Waals surface area contributed by atoms with Crippen LogP contribution < -0.4 is 5.56 Å². The normalized spacial score (nSPS) is 11.2. The molecule has 0 bridgehead atoms. The third kappa shape index (κ3) is 6.54. The van der Waals surface area contributed by atoms with E-state index in [0.717, 1.165) is 66.5 Å². The zero-order valence-corrected chi connectivity index (χ0v) is 31.2. The number of nitrogens with zero attached hydrogens (tertiary/aromatic N) is 1. The molecule has 0 spiro atoms. The molecule has 0 saturated heterocycles. The summed E-state index contributed by atoms with van der Waals surface area (Å²) < 4.78 is 1.87. The quantitative estimate of drug-likeness (QED) is 0.150. The molecular weight excluding hydrogens is 691 g/mol. The molecule has 0 amide bonds. The highest BCUT2D eigenvalue weighted by atomic mass is 16.1. The van der Waals surface area contributed by atoms with E-state index in [0.29, 0.717) is 5.39 Å². The Morgan fingerprint density at radius 3 is 1.00 bits per heavy atom. The van der Waals surface area contributed by atoms with Gasteiger partial charge in [-0.25, -0.2) is 0 Å². The fourth-order valence-corrected chi connectivity index (χ4v) is 8.10. The number of hydrogen-bond acceptors (Lipinski definition) is 1. The average Bonchev–Trinajstić information content (AvgIpc) is 3.30. The number of hydrogen-bond donors (Lipinski definition) is 0. The lowest BCUT2D eigenvalue weighted by Crippen LogP contribution is -2.19. The number of pyridine rings is 1. The molecule has 0 aliphatic carbocycles. The fourth-order valence-electron chi connectivity index (χ4n) is 8.10. The maximum atomic E-state index is 14.4. The first-order valence-electron chi connectivity index (χ1n) is 19.4. The van der Waals surface area contributed by atoms with Crippen molar-refractivity contribution in [3.8, 4) is 72.4 Å². The summed E-state index contributed by atoms with van der Waals surface area (Å²) in [6.07, 6.45) is 0. The van der Waals surface area contributed by atoms with Gasteiger partial charge in [0, 0.05) is 16.5 Å². The summed E-state index contributed by atoms with van der Waals surface area (Å²) in [6.45, 7) is 0. The zero-order valence-electron chi connectivity index (χ0n) is 31.2. The highest BCUT2D eigenvalue weighted by molar-refractivity contribution is 6.07. The van der Waals surface area contributed by atoms with Crippen LogP contribution in [0.15, 0.2) is 229 Å². The molecule has 0 atom stereocenters. The molecule has 0 aliphatic heterocycles. The van der Waals surface area contributed by atoms with E-state index in [9.17, 15) is 4.79 Å². The van der Waals surface area contributed by atoms with Gasteiger partial charge in [0.25, 0.3) is 5.56 Å². The number of fused-ring (bicyclic) bond motifs is 3. The van der Waals surface area contributed by atoms with Crippen LogP contribution in [0.4, 0.5) is 0 Å². The van der Waals surface area contributed by atoms with Gasteiger partial charge in [0.2, 0.25) is 0 Å². The Morgan fingerprint density at radius 2 is 0.579 bits per heavy atom. The maximum absolute atomic E-state index is 14.4. The van der Waals surface area contributed by atoms with Crippen molar-refractivity contribution in [3.63, 3.8) is 0 Å². The summed E-state index contributed by atoms with van der Waals surface area (Å²) in [5.74, 6) is 0. The van der Waals surface area contributed by atoms with Crippen molar-refractivity contribution in [2.75, 3.05) is 0 Å². The minimum atomic E-state index is -0.0338. The van der Waals surface area contributed by atoms with Crippen LogP contribution in [0.5, 0.6) is 0 Å². The van der Waals surface area contributed by atoms with Crippen molar-refractivity contribution >= 4 is 21.7 Å². The topological polar surface area (TPSA) is 22.0 Å². The van der Waals surface area contributed by atoms with Gasteiger partial charge in [-0.2, -0.15) is 0 Å². The molecule has 9 aromatic carbocycles. The molecule has 10 rings (SSSR count). The van der Waals surface area contributed by atoms with Gasteiger partial charge in [-0.3, -0.25) is 9.36 Å². The molecule has 0 unspecified atom stereocenters. The molecule has 2 heteroatoms. The molecule has 0 aliphatic rings. The second-order valence-electron chi connectivity index (χ2n) is 14.5. The third-order valence-corrected chi connectivity index (χ3v) is 11.0. The lowest BCUT2D eigenvalue weighted by atomic mass is 9.92. The molecule has 0 saturated carbocycles. The Bertz CT molecular complexity index is 2980. The summed E-state index contributed by atoms with van der Waals surface area (Å²) in [6, 6.07) is 78.6. The monoisotopic (exact) mass is 727 g/mol. The number of aromatic nitrogens is 1. The van der Waals surface area contributed by atoms with E-state index in [4.69, 9.17) is 0 Å². The largest absolute Gasteiger partial charge is 0.276 e. The number of benzene rings is 9. The van der Waals surface area contributed by atoms with Crippen LogP contribution in [-0.4, -0.2) is 4.57 Å². The first kappa shape index (κ1) is 34.0. The van der Waals surface area contributed by atoms with Crippen LogP contribution >= 0.6 is 0 Å². The molecule has 1 heterocycles. The minimum Gasteiger partial charge on any atom is -0.276 e. The van der Waals surface area contributed by atoms with Crippen LogP contribution in [-0.2, 0) is 0 Å². The van der Waals surface area contributed by atoms with E-state index in [-0.39, 0.29) is 5.56 Å². The van der Waals surface area contributed by atoms with Crippen molar-refractivity contribution in [1.82, 2.24) is 4.57 Å². The smallest absolute Gasteiger partial charge is 0.263 e. The number of rotatable bonds is 7. The molecule has 0 fully saturated rings. The summed E-state index contributed by atoms with van der Waals surface area (Å²) in [5, 5.41) is 2.67. The van der Waals surface area contributed by atoms with Crippen LogP contribution in [0.1, 0.15) is 0 Å². The van der Waals surface area contributed by atoms with Crippen molar-refractivity contribution < 1.29 is 0 Å². The Balaban J connectivity index is 1.11. The van der Waals surface area contributed by atoms with Gasteiger partial charge >= 0.3 is 0 Å². The summed E-state index contributed by atoms with van der Waals surface area (Å²) in [5.41, 5.74) is 15.4. The van der Waals surface area contributed by atoms with Gasteiger partial charge in [0.1, 0.15) is 0 Å². The van der Waals surface area contributed by atoms with Crippen LogP contribution in [0.25, 0.3) is 94.1 Å². The van der Waals surface area contributed by atoms with E-state index in [1.807, 2.05) is 22.8 Å². The van der Waals surface area contributed by atoms with E-state index < -0.39 is 0 Å². The minimum absolute atomic E-state index is 0.0338. The molecule has 1 aromatic heterocycles. The fraction of sp³-hybridized carbons (Fsp3) is 0. The van der Waals surface area contributed by atoms with Crippen molar-refractivity contribution in [2.24, 2.45) is 0 Å². The second kappa shape index (κ2) is 14.6. The van der Waals surface area contributed by atoms with E-state index in [2.05, 4.69) is 206 Å². The van der Waals surface area contributed by atoms with Crippen molar-refractivity contribution in [3.05, 3.63) is 235 Å². The van der Waals surface area contributed by atoms with Crippen LogP contribution in [0.3, 0.4) is 0 Å². The Morgan fingerprint density at radius 1 is 0.246 bits per heavy atom. The molecular formula is C55H37NO. The Hall–Kier alpha value is -7.55. The Labute approximate surface area is 332 Å². The van der Waals surface area contributed by atoms with E-state index in [1.54, 1.807) is 0 Å². The molecule has 0 radical (unpaired) electrons. The summed E-state index contributed by atoms with van der Waals surface area (Å²) in [4.78, 5) is 14.4. The predicted octanol–water partition coefficient (Wildman–Crippen LogP) is 14.1. The van der Waals surface area contributed by atoms with Crippen LogP contribution in [0.2, 0.25) is 0 Å². The lowest BCUT2D eigenvalue weighted by Gasteiger charge is -2.16. The predicted molar refractivity (Wildman–Crippen MR) is 240 cm³/mol. The van der Waals surface area contributed by atoms with Gasteiger partial charge in [-0.05, 0) is 139 Å². The second-order valence-corrected chi connectivity index (χ2v) is 14.5. The lowest BCUT2D eigenvalue weighted by molar-refractivity contribution is 1.06. The van der Waals surface area contributed by atoms with Gasteiger partial charge in [0.15, 0.2) is 0 Å². The van der Waals surface area contributed by atoms with Gasteiger partial charge < -0.3 is 0 Å². The van der Waals surface area contributed by atoms with Gasteiger partial charge in [-0.1, -0.05) is 158 Å². The van der Waals surface area contributed by atoms with Crippen molar-refractivity contribution in [2.45, 2.75) is 0 Å². The third-order valence-electron chi connectivity index (χ3n) is 11.0. The van der Waals surface area contributed by atoms with Crippen LogP contribution in [0, 0.1) is 0 Å². The van der Waals surface area contributed by atoms with E-state index in [1.165, 1.54) is 22.3 Å². The van der Waals surface area contributed by atoms with E-state index >= 15 is 0 Å². The SMILES string of the molecule is O=c1c2ccccc2c2cc(-c3cc(-c4ccccc4)cc(-c4ccccc4)c3)ccc2n1-c1ccc(-c2cc(-c3ccccc3)cc(-c3ccccc3)c2)cc1. The first-order valence-corrected chi connectivity index (χ1v) is 19.4. The standard InChI is InChI=1S/C55H37NO/c57-55-52-24-14-13-23-51(52)53-37-43(49-35-46(40-19-9-3-10-20-40)32-47(36-49)41-21-11-4-12-22-41)27-30-54(53)56(55)50-28-25-42(26-29-50)48-33-44(38-15-5-1-6-16-38)31-45(34-48)39-17-7-2-8-18-39/h1-37H. The summed E-state index contributed by atoms with van der Waals surface area (Å²) in [7, 11) is 0. The molecule has 268 valence electrons. The summed E-state index contributed by atoms with van der Waals surface area (Å²) >= 11 is 0. The van der Waals surface area contributed by atoms with Crippen molar-refractivity contribution in [1.29, 1.82) is 0 Å². The molecule has 0 N–H and O–H groups in total. The van der Waals surface area contributed by atoms with Gasteiger partial charge in [-0.15, -0.1) is 0 Å². The maximum Gasteiger partial charge on any atom is 0.263 e. The highest BCUT2D eigenvalue weighted by Crippen LogP contribution is 2.37. The average molecular weight is 728 g/mol. The highest BCUT2D eigenvalue weighted by Gasteiger charge is 2.15. The van der Waals surface area contributed by atoms with Gasteiger partial charge in [0.05, 0.1) is 5.52 Å². The zero-order chi connectivity index (χ0) is 38.1. The molecule has 57 heavy (non-hydrogen) atoms. The molecule has 10 aromatic rings. The Kier molecular flexibility index (Phi) is 8.70. The first-order chi connectivity index (χ1) is 28.2. The molecule has 2 nitrogen and oxygen atoms in total.